The number of fused-ring (bicyclic) bond motifs is 1. The highest BCUT2D eigenvalue weighted by Gasteiger charge is 2.27. The summed E-state index contributed by atoms with van der Waals surface area (Å²) in [6.07, 6.45) is 3.75. The van der Waals surface area contributed by atoms with E-state index in [2.05, 4.69) is 23.8 Å². The molecule has 2 rings (SSSR count). The highest BCUT2D eigenvalue weighted by Crippen LogP contribution is 2.25. The third-order valence-electron chi connectivity index (χ3n) is 4.25. The lowest BCUT2D eigenvalue weighted by Gasteiger charge is -2.11. The molecule has 1 heterocycles. The van der Waals surface area contributed by atoms with Crippen LogP contribution in [0, 0.1) is 0 Å². The van der Waals surface area contributed by atoms with Crippen LogP contribution < -0.4 is 0 Å². The Hall–Kier alpha value is -1.65. The van der Waals surface area contributed by atoms with Gasteiger partial charge in [-0.2, -0.15) is 13.2 Å². The maximum atomic E-state index is 12.5. The Labute approximate surface area is 141 Å². The minimum atomic E-state index is -4.19. The molecule has 2 nitrogen and oxygen atoms in total. The molecule has 5 heteroatoms. The summed E-state index contributed by atoms with van der Waals surface area (Å²) in [5.41, 5.74) is 0.957. The Kier molecular flexibility index (Phi) is 6.58. The molecule has 0 saturated carbocycles. The smallest absolute Gasteiger partial charge is 0.240 e. The zero-order valence-corrected chi connectivity index (χ0v) is 14.4. The molecule has 0 radical (unpaired) electrons. The minimum Gasteiger partial charge on any atom is -0.240 e. The molecule has 132 valence electrons. The van der Waals surface area contributed by atoms with Crippen LogP contribution in [0.3, 0.4) is 0 Å². The number of hydrogen-bond acceptors (Lipinski definition) is 2. The molecule has 0 aliphatic heterocycles. The SMILES string of the molecule is CCCCCCCC(C)c1ncc2cc(CC(F)(F)F)ccc2n1. The fourth-order valence-corrected chi connectivity index (χ4v) is 2.86. The zero-order valence-electron chi connectivity index (χ0n) is 14.4. The number of rotatable bonds is 8. The van der Waals surface area contributed by atoms with Crippen LogP contribution >= 0.6 is 0 Å². The summed E-state index contributed by atoms with van der Waals surface area (Å²) >= 11 is 0. The second kappa shape index (κ2) is 8.45. The van der Waals surface area contributed by atoms with E-state index in [0.717, 1.165) is 18.7 Å². The highest BCUT2D eigenvalue weighted by atomic mass is 19.4. The van der Waals surface area contributed by atoms with Crippen LogP contribution in [0.25, 0.3) is 10.9 Å². The quantitative estimate of drug-likeness (QED) is 0.536. The van der Waals surface area contributed by atoms with Crippen molar-refractivity contribution in [3.8, 4) is 0 Å². The number of unbranched alkanes of at least 4 members (excludes halogenated alkanes) is 4. The zero-order chi connectivity index (χ0) is 17.6. The van der Waals surface area contributed by atoms with Crippen molar-refractivity contribution >= 4 is 10.9 Å². The van der Waals surface area contributed by atoms with Crippen LogP contribution in [0.1, 0.15) is 69.7 Å². The van der Waals surface area contributed by atoms with Crippen molar-refractivity contribution in [1.82, 2.24) is 9.97 Å². The van der Waals surface area contributed by atoms with Gasteiger partial charge in [-0.15, -0.1) is 0 Å². The molecule has 0 saturated heterocycles. The van der Waals surface area contributed by atoms with E-state index in [4.69, 9.17) is 0 Å². The topological polar surface area (TPSA) is 25.8 Å². The van der Waals surface area contributed by atoms with Crippen molar-refractivity contribution in [3.05, 3.63) is 35.8 Å². The fraction of sp³-hybridized carbons (Fsp3) is 0.579. The van der Waals surface area contributed by atoms with Crippen LogP contribution in [0.15, 0.2) is 24.4 Å². The van der Waals surface area contributed by atoms with Crippen molar-refractivity contribution in [2.45, 2.75) is 70.9 Å². The maximum absolute atomic E-state index is 12.5. The fourth-order valence-electron chi connectivity index (χ4n) is 2.86. The number of aromatic nitrogens is 2. The van der Waals surface area contributed by atoms with E-state index < -0.39 is 12.6 Å². The summed E-state index contributed by atoms with van der Waals surface area (Å²) in [6, 6.07) is 4.69. The molecule has 0 aliphatic carbocycles. The molecule has 24 heavy (non-hydrogen) atoms. The largest absolute Gasteiger partial charge is 0.393 e. The van der Waals surface area contributed by atoms with Crippen LogP contribution in [0.4, 0.5) is 13.2 Å². The van der Waals surface area contributed by atoms with E-state index in [-0.39, 0.29) is 11.5 Å². The summed E-state index contributed by atoms with van der Waals surface area (Å²) in [6.45, 7) is 4.31. The van der Waals surface area contributed by atoms with Gasteiger partial charge in [0.2, 0.25) is 0 Å². The van der Waals surface area contributed by atoms with Crippen LogP contribution in [-0.2, 0) is 6.42 Å². The van der Waals surface area contributed by atoms with Gasteiger partial charge in [0.1, 0.15) is 5.82 Å². The summed E-state index contributed by atoms with van der Waals surface area (Å²) in [7, 11) is 0. The lowest BCUT2D eigenvalue weighted by molar-refractivity contribution is -0.127. The first-order chi connectivity index (χ1) is 11.4. The molecule has 0 amide bonds. The summed E-state index contributed by atoms with van der Waals surface area (Å²) in [4.78, 5) is 8.90. The van der Waals surface area contributed by atoms with Gasteiger partial charge >= 0.3 is 6.18 Å². The van der Waals surface area contributed by atoms with Gasteiger partial charge < -0.3 is 0 Å². The summed E-state index contributed by atoms with van der Waals surface area (Å²) in [5, 5.41) is 0.663. The van der Waals surface area contributed by atoms with Gasteiger partial charge in [0.15, 0.2) is 0 Å². The molecule has 0 spiro atoms. The Bertz CT molecular complexity index is 653. The molecule has 1 aromatic carbocycles. The molecular formula is C19H25F3N2. The first-order valence-corrected chi connectivity index (χ1v) is 8.71. The molecule has 1 unspecified atom stereocenters. The molecule has 1 atom stereocenters. The van der Waals surface area contributed by atoms with E-state index in [1.807, 2.05) is 0 Å². The minimum absolute atomic E-state index is 0.246. The predicted octanol–water partition coefficient (Wildman–Crippen LogP) is 6.20. The lowest BCUT2D eigenvalue weighted by Crippen LogP contribution is -2.11. The third kappa shape index (κ3) is 5.77. The lowest BCUT2D eigenvalue weighted by atomic mass is 10.0. The normalized spacial score (nSPS) is 13.4. The summed E-state index contributed by atoms with van der Waals surface area (Å²) in [5.74, 6) is 1.05. The van der Waals surface area contributed by atoms with E-state index in [0.29, 0.717) is 10.9 Å². The van der Waals surface area contributed by atoms with Gasteiger partial charge in [-0.05, 0) is 24.1 Å². The van der Waals surface area contributed by atoms with Gasteiger partial charge in [0, 0.05) is 17.5 Å². The van der Waals surface area contributed by atoms with Gasteiger partial charge in [-0.1, -0.05) is 52.0 Å². The number of alkyl halides is 3. The van der Waals surface area contributed by atoms with E-state index >= 15 is 0 Å². The monoisotopic (exact) mass is 338 g/mol. The molecule has 0 fully saturated rings. The first-order valence-electron chi connectivity index (χ1n) is 8.71. The average Bonchev–Trinajstić information content (AvgIpc) is 2.52. The Morgan fingerprint density at radius 3 is 2.54 bits per heavy atom. The standard InChI is InChI=1S/C19H25F3N2/c1-3-4-5-6-7-8-14(2)18-23-13-16-11-15(12-19(20,21)22)9-10-17(16)24-18/h9-11,13-14H,3-8,12H2,1-2H3. The van der Waals surface area contributed by atoms with Gasteiger partial charge in [-0.25, -0.2) is 9.97 Å². The second-order valence-corrected chi connectivity index (χ2v) is 6.52. The number of hydrogen-bond donors (Lipinski definition) is 0. The van der Waals surface area contributed by atoms with Crippen molar-refractivity contribution in [2.24, 2.45) is 0 Å². The number of benzene rings is 1. The van der Waals surface area contributed by atoms with E-state index in [1.54, 1.807) is 12.3 Å². The molecule has 1 aromatic heterocycles. The average molecular weight is 338 g/mol. The van der Waals surface area contributed by atoms with Crippen LogP contribution in [0.5, 0.6) is 0 Å². The van der Waals surface area contributed by atoms with E-state index in [1.165, 1.54) is 37.8 Å². The highest BCUT2D eigenvalue weighted by molar-refractivity contribution is 5.78. The van der Waals surface area contributed by atoms with Crippen molar-refractivity contribution < 1.29 is 13.2 Å². The van der Waals surface area contributed by atoms with Crippen molar-refractivity contribution in [2.75, 3.05) is 0 Å². The number of halogens is 3. The Balaban J connectivity index is 2.01. The summed E-state index contributed by atoms with van der Waals surface area (Å²) < 4.78 is 37.4. The third-order valence-corrected chi connectivity index (χ3v) is 4.25. The Morgan fingerprint density at radius 2 is 1.83 bits per heavy atom. The Morgan fingerprint density at radius 1 is 1.08 bits per heavy atom. The molecule has 0 N–H and O–H groups in total. The molecule has 2 aromatic rings. The van der Waals surface area contributed by atoms with Crippen LogP contribution in [-0.4, -0.2) is 16.1 Å². The van der Waals surface area contributed by atoms with Crippen LogP contribution in [0.2, 0.25) is 0 Å². The second-order valence-electron chi connectivity index (χ2n) is 6.52. The maximum Gasteiger partial charge on any atom is 0.393 e. The van der Waals surface area contributed by atoms with E-state index in [9.17, 15) is 13.2 Å². The van der Waals surface area contributed by atoms with Gasteiger partial charge in [0.05, 0.1) is 11.9 Å². The first kappa shape index (κ1) is 18.7. The predicted molar refractivity (Wildman–Crippen MR) is 91.1 cm³/mol. The molecule has 0 aliphatic rings. The van der Waals surface area contributed by atoms with Gasteiger partial charge in [0.25, 0.3) is 0 Å². The van der Waals surface area contributed by atoms with Crippen molar-refractivity contribution in [3.63, 3.8) is 0 Å². The molecule has 0 bridgehead atoms. The molecular weight excluding hydrogens is 313 g/mol. The van der Waals surface area contributed by atoms with Crippen molar-refractivity contribution in [1.29, 1.82) is 0 Å². The number of nitrogens with zero attached hydrogens (tertiary/aromatic N) is 2. The van der Waals surface area contributed by atoms with Gasteiger partial charge in [-0.3, -0.25) is 0 Å².